The normalized spacial score (nSPS) is 18.6. The minimum absolute atomic E-state index is 0.153. The Morgan fingerprint density at radius 1 is 1.39 bits per heavy atom. The molecule has 1 heterocycles. The number of rotatable bonds is 2. The zero-order chi connectivity index (χ0) is 13.3. The Hall–Kier alpha value is -0.850. The Bertz CT molecular complexity index is 587. The van der Waals surface area contributed by atoms with E-state index >= 15 is 0 Å². The molecule has 0 atom stereocenters. The number of halogens is 1. The molecule has 0 radical (unpaired) electrons. The second-order valence-corrected chi connectivity index (χ2v) is 6.99. The van der Waals surface area contributed by atoms with Crippen LogP contribution in [0.25, 0.3) is 0 Å². The zero-order valence-electron chi connectivity index (χ0n) is 9.60. The fourth-order valence-corrected chi connectivity index (χ4v) is 3.96. The molecule has 1 aromatic rings. The van der Waals surface area contributed by atoms with Crippen LogP contribution in [0.3, 0.4) is 0 Å². The van der Waals surface area contributed by atoms with Crippen molar-refractivity contribution in [1.29, 1.82) is 0 Å². The molecule has 0 bridgehead atoms. The number of benzene rings is 1. The van der Waals surface area contributed by atoms with Gasteiger partial charge in [-0.3, -0.25) is 4.31 Å². The summed E-state index contributed by atoms with van der Waals surface area (Å²) in [6.45, 7) is 0.447. The molecule has 1 aliphatic rings. The van der Waals surface area contributed by atoms with Crippen LogP contribution in [0.2, 0.25) is 5.02 Å². The minimum atomic E-state index is -3.28. The van der Waals surface area contributed by atoms with Crippen molar-refractivity contribution in [2.75, 3.05) is 16.6 Å². The van der Waals surface area contributed by atoms with Crippen molar-refractivity contribution in [2.24, 2.45) is 5.73 Å². The lowest BCUT2D eigenvalue weighted by Gasteiger charge is -2.29. The standard InChI is InChI=1S/C11H13ClN2O2S2/c12-9-4-3-8(11(13)17)7-10(9)14-5-1-2-6-18(14,15)16/h3-4,7H,1-2,5-6H2,(H2,13,17). The Kier molecular flexibility index (Phi) is 3.79. The van der Waals surface area contributed by atoms with E-state index < -0.39 is 10.0 Å². The van der Waals surface area contributed by atoms with Gasteiger partial charge in [-0.2, -0.15) is 0 Å². The molecule has 0 saturated carbocycles. The first-order valence-electron chi connectivity index (χ1n) is 5.51. The molecule has 18 heavy (non-hydrogen) atoms. The van der Waals surface area contributed by atoms with Crippen molar-refractivity contribution in [3.8, 4) is 0 Å². The van der Waals surface area contributed by atoms with Crippen LogP contribution >= 0.6 is 23.8 Å². The van der Waals surface area contributed by atoms with Crippen molar-refractivity contribution < 1.29 is 8.42 Å². The van der Waals surface area contributed by atoms with Gasteiger partial charge in [-0.15, -0.1) is 0 Å². The predicted octanol–water partition coefficient (Wildman–Crippen LogP) is 1.90. The maximum absolute atomic E-state index is 12.0. The molecule has 0 spiro atoms. The van der Waals surface area contributed by atoms with Gasteiger partial charge in [-0.05, 0) is 25.0 Å². The van der Waals surface area contributed by atoms with Gasteiger partial charge in [0.1, 0.15) is 4.99 Å². The van der Waals surface area contributed by atoms with Gasteiger partial charge >= 0.3 is 0 Å². The molecule has 2 rings (SSSR count). The molecular weight excluding hydrogens is 292 g/mol. The summed E-state index contributed by atoms with van der Waals surface area (Å²) in [6.07, 6.45) is 1.51. The van der Waals surface area contributed by atoms with E-state index in [2.05, 4.69) is 0 Å². The van der Waals surface area contributed by atoms with Crippen molar-refractivity contribution in [3.05, 3.63) is 28.8 Å². The number of anilines is 1. The topological polar surface area (TPSA) is 63.4 Å². The van der Waals surface area contributed by atoms with Crippen molar-refractivity contribution >= 4 is 44.5 Å². The molecular formula is C11H13ClN2O2S2. The second-order valence-electron chi connectivity index (χ2n) is 4.13. The SMILES string of the molecule is NC(=S)c1ccc(Cl)c(N2CCCCS2(=O)=O)c1. The van der Waals surface area contributed by atoms with Crippen molar-refractivity contribution in [2.45, 2.75) is 12.8 Å². The fraction of sp³-hybridized carbons (Fsp3) is 0.364. The zero-order valence-corrected chi connectivity index (χ0v) is 12.0. The van der Waals surface area contributed by atoms with E-state index in [1.165, 1.54) is 4.31 Å². The highest BCUT2D eigenvalue weighted by Crippen LogP contribution is 2.31. The van der Waals surface area contributed by atoms with Gasteiger partial charge in [0.05, 0.1) is 16.5 Å². The van der Waals surface area contributed by atoms with Crippen LogP contribution in [-0.2, 0) is 10.0 Å². The monoisotopic (exact) mass is 304 g/mol. The molecule has 0 aromatic heterocycles. The lowest BCUT2D eigenvalue weighted by atomic mass is 10.2. The molecule has 1 aromatic carbocycles. The first-order chi connectivity index (χ1) is 8.42. The first-order valence-corrected chi connectivity index (χ1v) is 7.91. The quantitative estimate of drug-likeness (QED) is 0.848. The van der Waals surface area contributed by atoms with Crippen LogP contribution in [0.15, 0.2) is 18.2 Å². The van der Waals surface area contributed by atoms with E-state index in [-0.39, 0.29) is 10.7 Å². The van der Waals surface area contributed by atoms with E-state index in [0.717, 1.165) is 6.42 Å². The van der Waals surface area contributed by atoms with Gasteiger partial charge < -0.3 is 5.73 Å². The second kappa shape index (κ2) is 5.03. The lowest BCUT2D eigenvalue weighted by molar-refractivity contribution is 0.574. The van der Waals surface area contributed by atoms with Crippen molar-refractivity contribution in [3.63, 3.8) is 0 Å². The van der Waals surface area contributed by atoms with E-state index in [0.29, 0.717) is 29.2 Å². The van der Waals surface area contributed by atoms with Crippen LogP contribution in [0.5, 0.6) is 0 Å². The summed E-state index contributed by atoms with van der Waals surface area (Å²) in [5, 5.41) is 0.389. The highest BCUT2D eigenvalue weighted by Gasteiger charge is 2.27. The van der Waals surface area contributed by atoms with Crippen molar-refractivity contribution in [1.82, 2.24) is 0 Å². The Morgan fingerprint density at radius 2 is 2.11 bits per heavy atom. The molecule has 2 N–H and O–H groups in total. The Balaban J connectivity index is 2.49. The average molecular weight is 305 g/mol. The molecule has 98 valence electrons. The highest BCUT2D eigenvalue weighted by molar-refractivity contribution is 7.92. The van der Waals surface area contributed by atoms with E-state index in [1.54, 1.807) is 18.2 Å². The summed E-state index contributed by atoms with van der Waals surface area (Å²) in [5.74, 6) is 0.153. The summed E-state index contributed by atoms with van der Waals surface area (Å²) in [6, 6.07) is 4.94. The van der Waals surface area contributed by atoms with Crippen LogP contribution in [0.1, 0.15) is 18.4 Å². The predicted molar refractivity (Wildman–Crippen MR) is 77.7 cm³/mol. The summed E-state index contributed by atoms with van der Waals surface area (Å²) < 4.78 is 25.4. The number of sulfonamides is 1. The third-order valence-corrected chi connectivity index (χ3v) is 5.26. The van der Waals surface area contributed by atoms with Gasteiger partial charge in [-0.1, -0.05) is 29.9 Å². The summed E-state index contributed by atoms with van der Waals surface area (Å²) in [5.41, 5.74) is 6.63. The largest absolute Gasteiger partial charge is 0.389 e. The van der Waals surface area contributed by atoms with Gasteiger partial charge in [-0.25, -0.2) is 8.42 Å². The van der Waals surface area contributed by atoms with Crippen LogP contribution < -0.4 is 10.0 Å². The molecule has 7 heteroatoms. The smallest absolute Gasteiger partial charge is 0.235 e. The number of hydrogen-bond donors (Lipinski definition) is 1. The number of nitrogens with two attached hydrogens (primary N) is 1. The third-order valence-electron chi connectivity index (χ3n) is 2.85. The van der Waals surface area contributed by atoms with E-state index in [4.69, 9.17) is 29.6 Å². The van der Waals surface area contributed by atoms with Gasteiger partial charge in [0.25, 0.3) is 0 Å². The molecule has 1 aliphatic heterocycles. The number of hydrogen-bond acceptors (Lipinski definition) is 3. The van der Waals surface area contributed by atoms with Crippen LogP contribution in [-0.4, -0.2) is 25.7 Å². The van der Waals surface area contributed by atoms with Gasteiger partial charge in [0.2, 0.25) is 10.0 Å². The maximum Gasteiger partial charge on any atom is 0.235 e. The molecule has 1 fully saturated rings. The summed E-state index contributed by atoms with van der Waals surface area (Å²) in [7, 11) is -3.28. The first kappa shape index (κ1) is 13.6. The van der Waals surface area contributed by atoms with E-state index in [9.17, 15) is 8.42 Å². The summed E-state index contributed by atoms with van der Waals surface area (Å²) >= 11 is 11.0. The Morgan fingerprint density at radius 3 is 2.72 bits per heavy atom. The lowest BCUT2D eigenvalue weighted by Crippen LogP contribution is -2.38. The highest BCUT2D eigenvalue weighted by atomic mass is 35.5. The summed E-state index contributed by atoms with van der Waals surface area (Å²) in [4.78, 5) is 0.224. The van der Waals surface area contributed by atoms with Crippen LogP contribution in [0.4, 0.5) is 5.69 Å². The maximum atomic E-state index is 12.0. The number of thiocarbonyl (C=S) groups is 1. The van der Waals surface area contributed by atoms with Crippen LogP contribution in [0, 0.1) is 0 Å². The van der Waals surface area contributed by atoms with Gasteiger partial charge in [0, 0.05) is 12.1 Å². The molecule has 1 saturated heterocycles. The molecule has 0 aliphatic carbocycles. The Labute approximate surface area is 117 Å². The van der Waals surface area contributed by atoms with Gasteiger partial charge in [0.15, 0.2) is 0 Å². The minimum Gasteiger partial charge on any atom is -0.389 e. The van der Waals surface area contributed by atoms with E-state index in [1.807, 2.05) is 0 Å². The third kappa shape index (κ3) is 2.60. The molecule has 0 amide bonds. The average Bonchev–Trinajstić information content (AvgIpc) is 2.29. The number of nitrogens with zero attached hydrogens (tertiary/aromatic N) is 1. The molecule has 0 unspecified atom stereocenters. The molecule has 4 nitrogen and oxygen atoms in total. The fourth-order valence-electron chi connectivity index (χ4n) is 1.92.